The van der Waals surface area contributed by atoms with E-state index >= 15 is 0 Å². The maximum atomic E-state index is 12.8. The summed E-state index contributed by atoms with van der Waals surface area (Å²) in [5, 5.41) is 1.48. The van der Waals surface area contributed by atoms with Gasteiger partial charge < -0.3 is 4.42 Å². The molecule has 0 amide bonds. The van der Waals surface area contributed by atoms with Crippen molar-refractivity contribution in [3.63, 3.8) is 0 Å². The van der Waals surface area contributed by atoms with Gasteiger partial charge in [0.15, 0.2) is 0 Å². The van der Waals surface area contributed by atoms with E-state index in [0.29, 0.717) is 11.0 Å². The average Bonchev–Trinajstić information content (AvgIpc) is 3.03. The van der Waals surface area contributed by atoms with Gasteiger partial charge in [0.1, 0.15) is 10.4 Å². The summed E-state index contributed by atoms with van der Waals surface area (Å²) in [4.78, 5) is 31.1. The molecule has 0 radical (unpaired) electrons. The van der Waals surface area contributed by atoms with Gasteiger partial charge >= 0.3 is 5.63 Å². The van der Waals surface area contributed by atoms with E-state index in [1.807, 2.05) is 32.0 Å². The van der Waals surface area contributed by atoms with Crippen LogP contribution in [0.2, 0.25) is 0 Å². The van der Waals surface area contributed by atoms with E-state index in [4.69, 9.17) is 4.42 Å². The minimum Gasteiger partial charge on any atom is -0.423 e. The van der Waals surface area contributed by atoms with Crippen LogP contribution in [-0.2, 0) is 13.0 Å². The van der Waals surface area contributed by atoms with Crippen molar-refractivity contribution in [2.24, 2.45) is 0 Å². The van der Waals surface area contributed by atoms with Crippen molar-refractivity contribution < 1.29 is 4.42 Å². The Hall–Kier alpha value is -2.73. The van der Waals surface area contributed by atoms with Crippen LogP contribution in [-0.4, -0.2) is 9.55 Å². The van der Waals surface area contributed by atoms with Crippen molar-refractivity contribution in [2.45, 2.75) is 33.7 Å². The fourth-order valence-corrected chi connectivity index (χ4v) is 4.02. The second kappa shape index (κ2) is 6.21. The van der Waals surface area contributed by atoms with Crippen molar-refractivity contribution in [3.8, 4) is 0 Å². The predicted octanol–water partition coefficient (Wildman–Crippen LogP) is 3.79. The van der Waals surface area contributed by atoms with Gasteiger partial charge in [0.05, 0.1) is 18.3 Å². The van der Waals surface area contributed by atoms with Gasteiger partial charge in [-0.2, -0.15) is 0 Å². The summed E-state index contributed by atoms with van der Waals surface area (Å²) in [7, 11) is 0. The summed E-state index contributed by atoms with van der Waals surface area (Å²) in [5.41, 5.74) is 2.97. The number of aryl methyl sites for hydroxylation is 3. The van der Waals surface area contributed by atoms with E-state index in [-0.39, 0.29) is 12.1 Å². The summed E-state index contributed by atoms with van der Waals surface area (Å²) in [6.45, 7) is 6.33. The van der Waals surface area contributed by atoms with Crippen molar-refractivity contribution >= 4 is 32.5 Å². The molecule has 0 unspecified atom stereocenters. The Balaban J connectivity index is 1.88. The van der Waals surface area contributed by atoms with Crippen LogP contribution in [0.5, 0.6) is 0 Å². The molecule has 0 fully saturated rings. The minimum absolute atomic E-state index is 0.0869. The minimum atomic E-state index is -0.415. The average molecular weight is 366 g/mol. The van der Waals surface area contributed by atoms with Crippen LogP contribution < -0.4 is 11.2 Å². The fourth-order valence-electron chi connectivity index (χ4n) is 3.09. The number of rotatable bonds is 3. The second-order valence-electron chi connectivity index (χ2n) is 6.49. The highest BCUT2D eigenvalue weighted by Crippen LogP contribution is 2.23. The molecule has 132 valence electrons. The Morgan fingerprint density at radius 2 is 1.85 bits per heavy atom. The van der Waals surface area contributed by atoms with Gasteiger partial charge in [0.25, 0.3) is 5.56 Å². The van der Waals surface area contributed by atoms with E-state index in [2.05, 4.69) is 11.9 Å². The molecule has 0 aliphatic carbocycles. The smallest absolute Gasteiger partial charge is 0.336 e. The molecule has 1 aromatic carbocycles. The number of aromatic nitrogens is 2. The SMILES string of the molecule is CCc1cc2c(=O)n(Cc3cc(=O)oc4cc(C)c(C)cc34)cnc2s1. The fraction of sp³-hybridized carbons (Fsp3) is 0.250. The molecular weight excluding hydrogens is 348 g/mol. The third kappa shape index (κ3) is 2.76. The normalized spacial score (nSPS) is 11.5. The third-order valence-electron chi connectivity index (χ3n) is 4.70. The van der Waals surface area contributed by atoms with Crippen LogP contribution in [0, 0.1) is 13.8 Å². The molecule has 3 aromatic heterocycles. The molecule has 0 N–H and O–H groups in total. The first-order valence-corrected chi connectivity index (χ1v) is 9.29. The molecule has 0 aliphatic heterocycles. The van der Waals surface area contributed by atoms with Crippen molar-refractivity contribution in [1.82, 2.24) is 9.55 Å². The lowest BCUT2D eigenvalue weighted by Crippen LogP contribution is -2.21. The highest BCUT2D eigenvalue weighted by atomic mass is 32.1. The molecule has 5 nitrogen and oxygen atoms in total. The number of benzene rings is 1. The van der Waals surface area contributed by atoms with Gasteiger partial charge in [-0.1, -0.05) is 6.92 Å². The van der Waals surface area contributed by atoms with E-state index in [0.717, 1.165) is 38.2 Å². The number of fused-ring (bicyclic) bond motifs is 2. The molecule has 4 rings (SSSR count). The number of hydrogen-bond acceptors (Lipinski definition) is 5. The molecule has 0 bridgehead atoms. The van der Waals surface area contributed by atoms with Gasteiger partial charge in [0.2, 0.25) is 0 Å². The number of thiophene rings is 1. The maximum absolute atomic E-state index is 12.8. The highest BCUT2D eigenvalue weighted by Gasteiger charge is 2.12. The molecule has 3 heterocycles. The predicted molar refractivity (Wildman–Crippen MR) is 104 cm³/mol. The lowest BCUT2D eigenvalue weighted by atomic mass is 10.0. The number of hydrogen-bond donors (Lipinski definition) is 0. The van der Waals surface area contributed by atoms with Gasteiger partial charge in [-0.05, 0) is 55.2 Å². The zero-order chi connectivity index (χ0) is 18.4. The first kappa shape index (κ1) is 16.7. The van der Waals surface area contributed by atoms with Crippen molar-refractivity contribution in [3.05, 3.63) is 72.9 Å². The van der Waals surface area contributed by atoms with Gasteiger partial charge in [-0.25, -0.2) is 9.78 Å². The molecule has 6 heteroatoms. The zero-order valence-corrected chi connectivity index (χ0v) is 15.6. The topological polar surface area (TPSA) is 65.1 Å². The molecule has 26 heavy (non-hydrogen) atoms. The summed E-state index contributed by atoms with van der Waals surface area (Å²) in [6, 6.07) is 7.24. The van der Waals surface area contributed by atoms with Crippen LogP contribution >= 0.6 is 11.3 Å². The number of nitrogens with zero attached hydrogens (tertiary/aromatic N) is 2. The van der Waals surface area contributed by atoms with E-state index < -0.39 is 5.63 Å². The van der Waals surface area contributed by atoms with E-state index in [1.165, 1.54) is 6.07 Å². The van der Waals surface area contributed by atoms with Gasteiger partial charge in [-0.3, -0.25) is 9.36 Å². The van der Waals surface area contributed by atoms with Crippen molar-refractivity contribution in [1.29, 1.82) is 0 Å². The van der Waals surface area contributed by atoms with Crippen LogP contribution in [0.25, 0.3) is 21.2 Å². The first-order chi connectivity index (χ1) is 12.5. The summed E-state index contributed by atoms with van der Waals surface area (Å²) >= 11 is 1.55. The van der Waals surface area contributed by atoms with Crippen LogP contribution in [0.1, 0.15) is 28.5 Å². The van der Waals surface area contributed by atoms with Crippen LogP contribution in [0.3, 0.4) is 0 Å². The summed E-state index contributed by atoms with van der Waals surface area (Å²) < 4.78 is 6.89. The Morgan fingerprint density at radius 1 is 1.08 bits per heavy atom. The van der Waals surface area contributed by atoms with Crippen LogP contribution in [0.15, 0.2) is 44.6 Å². The maximum Gasteiger partial charge on any atom is 0.336 e. The standard InChI is InChI=1S/C20H18N2O3S/c1-4-14-8-16-19(26-14)21-10-22(20(16)24)9-13-7-18(23)25-17-6-12(3)11(2)5-15(13)17/h5-8,10H,4,9H2,1-3H3. The zero-order valence-electron chi connectivity index (χ0n) is 14.8. The Kier molecular flexibility index (Phi) is 4.00. The largest absolute Gasteiger partial charge is 0.423 e. The first-order valence-electron chi connectivity index (χ1n) is 8.48. The van der Waals surface area contributed by atoms with Gasteiger partial charge in [-0.15, -0.1) is 11.3 Å². The molecule has 0 aliphatic rings. The lowest BCUT2D eigenvalue weighted by Gasteiger charge is -2.10. The summed E-state index contributed by atoms with van der Waals surface area (Å²) in [5.74, 6) is 0. The molecular formula is C20H18N2O3S. The quantitative estimate of drug-likeness (QED) is 0.518. The Bertz CT molecular complexity index is 1260. The third-order valence-corrected chi connectivity index (χ3v) is 5.89. The molecule has 0 saturated heterocycles. The lowest BCUT2D eigenvalue weighted by molar-refractivity contribution is 0.557. The highest BCUT2D eigenvalue weighted by molar-refractivity contribution is 7.18. The van der Waals surface area contributed by atoms with Gasteiger partial charge in [0, 0.05) is 16.3 Å². The van der Waals surface area contributed by atoms with E-state index in [9.17, 15) is 9.59 Å². The molecule has 4 aromatic rings. The summed E-state index contributed by atoms with van der Waals surface area (Å²) in [6.07, 6.45) is 2.44. The Morgan fingerprint density at radius 3 is 2.62 bits per heavy atom. The molecule has 0 saturated carbocycles. The molecule has 0 atom stereocenters. The monoisotopic (exact) mass is 366 g/mol. The Labute approximate surface area is 153 Å². The van der Waals surface area contributed by atoms with Crippen molar-refractivity contribution in [2.75, 3.05) is 0 Å². The van der Waals surface area contributed by atoms with Crippen LogP contribution in [0.4, 0.5) is 0 Å². The molecule has 0 spiro atoms. The second-order valence-corrected chi connectivity index (χ2v) is 7.60. The van der Waals surface area contributed by atoms with E-state index in [1.54, 1.807) is 22.2 Å².